The Bertz CT molecular complexity index is 940. The number of benzene rings is 2. The summed E-state index contributed by atoms with van der Waals surface area (Å²) >= 11 is 0. The number of hydrogen-bond donors (Lipinski definition) is 2. The van der Waals surface area contributed by atoms with Crippen LogP contribution >= 0.6 is 0 Å². The topological polar surface area (TPSA) is 97.6 Å². The number of nitrogens with one attached hydrogen (secondary N) is 2. The fourth-order valence-corrected chi connectivity index (χ4v) is 2.60. The van der Waals surface area contributed by atoms with Crippen molar-refractivity contribution >= 4 is 17.8 Å². The molecule has 0 saturated carbocycles. The lowest BCUT2D eigenvalue weighted by Gasteiger charge is -2.18. The summed E-state index contributed by atoms with van der Waals surface area (Å²) in [6, 6.07) is 19.6. The highest BCUT2D eigenvalue weighted by atomic mass is 16.5. The first kappa shape index (κ1) is 19.9. The zero-order chi connectivity index (χ0) is 20.5. The highest BCUT2D eigenvalue weighted by molar-refractivity contribution is 5.97. The van der Waals surface area contributed by atoms with Crippen LogP contribution in [0.3, 0.4) is 0 Å². The molecular weight excluding hydrogens is 372 g/mol. The van der Waals surface area contributed by atoms with E-state index in [1.54, 1.807) is 72.8 Å². The van der Waals surface area contributed by atoms with Gasteiger partial charge in [0.2, 0.25) is 0 Å². The third-order valence-corrected chi connectivity index (χ3v) is 4.07. The summed E-state index contributed by atoms with van der Waals surface area (Å²) in [6.07, 6.45) is 1.50. The molecule has 1 aromatic heterocycles. The highest BCUT2D eigenvalue weighted by Gasteiger charge is 2.25. The first-order valence-corrected chi connectivity index (χ1v) is 9.00. The fourth-order valence-electron chi connectivity index (χ4n) is 2.60. The van der Waals surface area contributed by atoms with Crippen molar-refractivity contribution in [3.8, 4) is 0 Å². The molecule has 2 N–H and O–H groups in total. The van der Waals surface area contributed by atoms with Gasteiger partial charge in [0.1, 0.15) is 5.76 Å². The van der Waals surface area contributed by atoms with Gasteiger partial charge in [-0.2, -0.15) is 0 Å². The van der Waals surface area contributed by atoms with Gasteiger partial charge in [-0.25, -0.2) is 4.79 Å². The zero-order valence-electron chi connectivity index (χ0n) is 15.5. The van der Waals surface area contributed by atoms with Crippen LogP contribution in [0.5, 0.6) is 0 Å². The summed E-state index contributed by atoms with van der Waals surface area (Å²) in [5.74, 6) is -1.04. The summed E-state index contributed by atoms with van der Waals surface area (Å²) < 4.78 is 10.3. The molecule has 1 unspecified atom stereocenters. The van der Waals surface area contributed by atoms with Crippen LogP contribution in [0.4, 0.5) is 0 Å². The molecule has 3 aromatic rings. The summed E-state index contributed by atoms with van der Waals surface area (Å²) in [7, 11) is 0. The van der Waals surface area contributed by atoms with E-state index in [4.69, 9.17) is 9.15 Å². The Labute approximate surface area is 167 Å². The molecule has 0 aliphatic rings. The van der Waals surface area contributed by atoms with Crippen LogP contribution in [0.1, 0.15) is 27.7 Å². The average molecular weight is 392 g/mol. The third-order valence-electron chi connectivity index (χ3n) is 4.07. The van der Waals surface area contributed by atoms with E-state index in [1.807, 2.05) is 0 Å². The van der Waals surface area contributed by atoms with E-state index < -0.39 is 30.4 Å². The Morgan fingerprint density at radius 2 is 1.59 bits per heavy atom. The number of amides is 2. The van der Waals surface area contributed by atoms with Gasteiger partial charge in [-0.3, -0.25) is 9.59 Å². The van der Waals surface area contributed by atoms with Gasteiger partial charge in [0, 0.05) is 5.56 Å². The fraction of sp³-hybridized carbons (Fsp3) is 0.136. The van der Waals surface area contributed by atoms with Crippen molar-refractivity contribution in [2.24, 2.45) is 0 Å². The molecule has 3 rings (SSSR count). The van der Waals surface area contributed by atoms with Crippen molar-refractivity contribution < 1.29 is 23.5 Å². The Morgan fingerprint density at radius 1 is 0.897 bits per heavy atom. The minimum atomic E-state index is -1.04. The van der Waals surface area contributed by atoms with Crippen LogP contribution < -0.4 is 10.6 Å². The number of esters is 1. The second-order valence-electron chi connectivity index (χ2n) is 6.15. The Balaban J connectivity index is 1.61. The maximum atomic E-state index is 12.6. The van der Waals surface area contributed by atoms with E-state index in [-0.39, 0.29) is 6.54 Å². The molecule has 0 fully saturated rings. The number of carbonyl (C=O) groups excluding carboxylic acids is 3. The molecule has 0 spiro atoms. The van der Waals surface area contributed by atoms with Crippen molar-refractivity contribution in [3.63, 3.8) is 0 Å². The molecule has 0 aliphatic heterocycles. The smallest absolute Gasteiger partial charge is 0.333 e. The number of rotatable bonds is 8. The maximum absolute atomic E-state index is 12.6. The van der Waals surface area contributed by atoms with Crippen molar-refractivity contribution in [3.05, 3.63) is 95.9 Å². The lowest BCUT2D eigenvalue weighted by molar-refractivity contribution is -0.150. The molecular formula is C22H20N2O5. The summed E-state index contributed by atoms with van der Waals surface area (Å²) in [5.41, 5.74) is 0.968. The largest absolute Gasteiger partial charge is 0.467 e. The van der Waals surface area contributed by atoms with Crippen molar-refractivity contribution in [2.45, 2.75) is 12.6 Å². The lowest BCUT2D eigenvalue weighted by atomic mass is 10.1. The predicted molar refractivity (Wildman–Crippen MR) is 105 cm³/mol. The van der Waals surface area contributed by atoms with Crippen LogP contribution in [-0.4, -0.2) is 24.4 Å². The summed E-state index contributed by atoms with van der Waals surface area (Å²) in [4.78, 5) is 37.0. The van der Waals surface area contributed by atoms with Crippen LogP contribution in [0.25, 0.3) is 0 Å². The quantitative estimate of drug-likeness (QED) is 0.575. The normalized spacial score (nSPS) is 11.3. The SMILES string of the molecule is O=C(COC(=O)C(NC(=O)c1ccccc1)c1ccccc1)NCc1ccco1. The minimum Gasteiger partial charge on any atom is -0.467 e. The van der Waals surface area contributed by atoms with Crippen LogP contribution in [0.15, 0.2) is 83.5 Å². The Hall–Kier alpha value is -3.87. The molecule has 0 bridgehead atoms. The molecule has 0 saturated heterocycles. The Kier molecular flexibility index (Phi) is 6.78. The van der Waals surface area contributed by atoms with Gasteiger partial charge in [-0.05, 0) is 29.8 Å². The number of hydrogen-bond acceptors (Lipinski definition) is 5. The van der Waals surface area contributed by atoms with E-state index in [0.29, 0.717) is 16.9 Å². The summed E-state index contributed by atoms with van der Waals surface area (Å²) in [6.45, 7) is -0.277. The highest BCUT2D eigenvalue weighted by Crippen LogP contribution is 2.15. The Morgan fingerprint density at radius 3 is 2.24 bits per heavy atom. The van der Waals surface area contributed by atoms with Gasteiger partial charge < -0.3 is 19.8 Å². The van der Waals surface area contributed by atoms with Gasteiger partial charge >= 0.3 is 5.97 Å². The van der Waals surface area contributed by atoms with Crippen molar-refractivity contribution in [2.75, 3.05) is 6.61 Å². The van der Waals surface area contributed by atoms with Gasteiger partial charge in [0.25, 0.3) is 11.8 Å². The van der Waals surface area contributed by atoms with E-state index in [2.05, 4.69) is 10.6 Å². The number of ether oxygens (including phenoxy) is 1. The van der Waals surface area contributed by atoms with E-state index in [0.717, 1.165) is 0 Å². The molecule has 2 aromatic carbocycles. The molecule has 7 heteroatoms. The average Bonchev–Trinajstić information content (AvgIpc) is 3.29. The molecule has 1 heterocycles. The second kappa shape index (κ2) is 9.89. The van der Waals surface area contributed by atoms with Crippen molar-refractivity contribution in [1.82, 2.24) is 10.6 Å². The van der Waals surface area contributed by atoms with Gasteiger partial charge in [-0.15, -0.1) is 0 Å². The molecule has 2 amide bonds. The third kappa shape index (κ3) is 5.80. The monoisotopic (exact) mass is 392 g/mol. The van der Waals surface area contributed by atoms with Crippen LogP contribution in [0, 0.1) is 0 Å². The second-order valence-corrected chi connectivity index (χ2v) is 6.15. The van der Waals surface area contributed by atoms with Gasteiger partial charge in [0.15, 0.2) is 12.6 Å². The first-order chi connectivity index (χ1) is 14.1. The first-order valence-electron chi connectivity index (χ1n) is 9.00. The molecule has 148 valence electrons. The van der Waals surface area contributed by atoms with Crippen LogP contribution in [0.2, 0.25) is 0 Å². The maximum Gasteiger partial charge on any atom is 0.333 e. The summed E-state index contributed by atoms with van der Waals surface area (Å²) in [5, 5.41) is 5.26. The molecule has 0 radical (unpaired) electrons. The predicted octanol–water partition coefficient (Wildman–Crippen LogP) is 2.61. The molecule has 29 heavy (non-hydrogen) atoms. The molecule has 0 aliphatic carbocycles. The number of carbonyl (C=O) groups is 3. The van der Waals surface area contributed by atoms with Gasteiger partial charge in [0.05, 0.1) is 12.8 Å². The number of furan rings is 1. The van der Waals surface area contributed by atoms with Crippen LogP contribution in [-0.2, 0) is 20.9 Å². The zero-order valence-corrected chi connectivity index (χ0v) is 15.5. The van der Waals surface area contributed by atoms with E-state index >= 15 is 0 Å². The van der Waals surface area contributed by atoms with Crippen molar-refractivity contribution in [1.29, 1.82) is 0 Å². The standard InChI is InChI=1S/C22H20N2O5/c25-19(23-14-18-12-7-13-28-18)15-29-22(27)20(16-8-3-1-4-9-16)24-21(26)17-10-5-2-6-11-17/h1-13,20H,14-15H2,(H,23,25)(H,24,26). The lowest BCUT2D eigenvalue weighted by Crippen LogP contribution is -2.37. The molecule has 1 atom stereocenters. The minimum absolute atomic E-state index is 0.191. The van der Waals surface area contributed by atoms with E-state index in [9.17, 15) is 14.4 Å². The molecule has 7 nitrogen and oxygen atoms in total. The van der Waals surface area contributed by atoms with Gasteiger partial charge in [-0.1, -0.05) is 48.5 Å². The van der Waals surface area contributed by atoms with E-state index in [1.165, 1.54) is 6.26 Å².